The summed E-state index contributed by atoms with van der Waals surface area (Å²) in [5, 5.41) is 0. The van der Waals surface area contributed by atoms with Gasteiger partial charge < -0.3 is 14.5 Å². The van der Waals surface area contributed by atoms with E-state index in [1.165, 1.54) is 10.5 Å². The molecule has 0 aromatic heterocycles. The highest BCUT2D eigenvalue weighted by Gasteiger charge is 2.27. The zero-order valence-electron chi connectivity index (χ0n) is 14.2. The normalized spacial score (nSPS) is 16.6. The lowest BCUT2D eigenvalue weighted by molar-refractivity contribution is -0.917. The van der Waals surface area contributed by atoms with Gasteiger partial charge in [-0.25, -0.2) is 0 Å². The Bertz CT molecular complexity index is 637. The van der Waals surface area contributed by atoms with E-state index < -0.39 is 6.10 Å². The van der Waals surface area contributed by atoms with Crippen LogP contribution in [0.3, 0.4) is 0 Å². The van der Waals surface area contributed by atoms with Crippen LogP contribution in [0.4, 0.5) is 0 Å². The molecule has 1 aliphatic rings. The standard InChI is InChI=1S/C20H24N2O2/c1-17(24-19-10-6-3-7-11-19)20(23)22-14-12-21(13-15-22)16-18-8-4-2-5-9-18/h2-11,17H,12-16H2,1H3/p+1/t17-/m0/s1. The number of para-hydroxylation sites is 1. The summed E-state index contributed by atoms with van der Waals surface area (Å²) >= 11 is 0. The third-order valence-electron chi connectivity index (χ3n) is 4.48. The molecule has 24 heavy (non-hydrogen) atoms. The highest BCUT2D eigenvalue weighted by Crippen LogP contribution is 2.12. The second-order valence-electron chi connectivity index (χ2n) is 6.31. The number of piperazine rings is 1. The maximum absolute atomic E-state index is 12.6. The molecule has 1 saturated heterocycles. The number of hydrogen-bond donors (Lipinski definition) is 1. The van der Waals surface area contributed by atoms with Gasteiger partial charge in [0.15, 0.2) is 6.10 Å². The van der Waals surface area contributed by atoms with Crippen molar-refractivity contribution in [3.05, 3.63) is 66.2 Å². The molecular formula is C20H25N2O2+. The van der Waals surface area contributed by atoms with Crippen LogP contribution in [0, 0.1) is 0 Å². The number of hydrogen-bond acceptors (Lipinski definition) is 2. The van der Waals surface area contributed by atoms with E-state index in [2.05, 4.69) is 24.3 Å². The highest BCUT2D eigenvalue weighted by molar-refractivity contribution is 5.81. The van der Waals surface area contributed by atoms with Gasteiger partial charge in [0, 0.05) is 5.56 Å². The van der Waals surface area contributed by atoms with Crippen LogP contribution in [0.2, 0.25) is 0 Å². The van der Waals surface area contributed by atoms with Crippen molar-refractivity contribution in [1.29, 1.82) is 0 Å². The van der Waals surface area contributed by atoms with Crippen molar-refractivity contribution in [2.45, 2.75) is 19.6 Å². The van der Waals surface area contributed by atoms with Crippen molar-refractivity contribution in [2.75, 3.05) is 26.2 Å². The summed E-state index contributed by atoms with van der Waals surface area (Å²) in [7, 11) is 0. The van der Waals surface area contributed by atoms with Crippen LogP contribution in [-0.4, -0.2) is 43.1 Å². The van der Waals surface area contributed by atoms with E-state index in [-0.39, 0.29) is 5.91 Å². The van der Waals surface area contributed by atoms with Crippen LogP contribution in [0.5, 0.6) is 5.75 Å². The number of carbonyl (C=O) groups is 1. The summed E-state index contributed by atoms with van der Waals surface area (Å²) < 4.78 is 5.75. The Kier molecular flexibility index (Phi) is 5.49. The van der Waals surface area contributed by atoms with Gasteiger partial charge in [0.1, 0.15) is 12.3 Å². The summed E-state index contributed by atoms with van der Waals surface area (Å²) in [5.74, 6) is 0.823. The number of quaternary nitrogens is 1. The Hall–Kier alpha value is -2.33. The van der Waals surface area contributed by atoms with Crippen molar-refractivity contribution in [1.82, 2.24) is 4.90 Å². The number of rotatable bonds is 5. The molecule has 126 valence electrons. The zero-order valence-corrected chi connectivity index (χ0v) is 14.2. The number of ether oxygens (including phenoxy) is 1. The van der Waals surface area contributed by atoms with E-state index in [9.17, 15) is 4.79 Å². The SMILES string of the molecule is C[C@H](Oc1ccccc1)C(=O)N1CC[NH+](Cc2ccccc2)CC1. The number of nitrogens with zero attached hydrogens (tertiary/aromatic N) is 1. The number of carbonyl (C=O) groups excluding carboxylic acids is 1. The first-order valence-electron chi connectivity index (χ1n) is 8.60. The molecule has 1 heterocycles. The van der Waals surface area contributed by atoms with E-state index in [0.717, 1.165) is 38.5 Å². The monoisotopic (exact) mass is 325 g/mol. The lowest BCUT2D eigenvalue weighted by atomic mass is 10.2. The quantitative estimate of drug-likeness (QED) is 0.901. The van der Waals surface area contributed by atoms with Gasteiger partial charge in [0.05, 0.1) is 26.2 Å². The highest BCUT2D eigenvalue weighted by atomic mass is 16.5. The molecule has 1 fully saturated rings. The Morgan fingerprint density at radius 2 is 1.62 bits per heavy atom. The van der Waals surface area contributed by atoms with E-state index >= 15 is 0 Å². The molecule has 1 aliphatic heterocycles. The third kappa shape index (κ3) is 4.36. The van der Waals surface area contributed by atoms with Crippen molar-refractivity contribution >= 4 is 5.91 Å². The molecule has 1 atom stereocenters. The van der Waals surface area contributed by atoms with Gasteiger partial charge in [0.25, 0.3) is 5.91 Å². The molecule has 0 spiro atoms. The van der Waals surface area contributed by atoms with E-state index in [0.29, 0.717) is 0 Å². The third-order valence-corrected chi connectivity index (χ3v) is 4.48. The van der Waals surface area contributed by atoms with Gasteiger partial charge in [-0.2, -0.15) is 0 Å². The molecule has 0 aliphatic carbocycles. The molecule has 0 unspecified atom stereocenters. The van der Waals surface area contributed by atoms with Crippen LogP contribution in [-0.2, 0) is 11.3 Å². The van der Waals surface area contributed by atoms with Crippen LogP contribution in [0.15, 0.2) is 60.7 Å². The summed E-state index contributed by atoms with van der Waals surface area (Å²) in [6.45, 7) is 6.42. The fourth-order valence-electron chi connectivity index (χ4n) is 3.12. The second kappa shape index (κ2) is 7.97. The average molecular weight is 325 g/mol. The van der Waals surface area contributed by atoms with Crippen LogP contribution in [0.25, 0.3) is 0 Å². The van der Waals surface area contributed by atoms with Gasteiger partial charge in [-0.05, 0) is 19.1 Å². The number of amides is 1. The van der Waals surface area contributed by atoms with Gasteiger partial charge in [-0.3, -0.25) is 4.79 Å². The van der Waals surface area contributed by atoms with Crippen molar-refractivity contribution < 1.29 is 14.4 Å². The Morgan fingerprint density at radius 1 is 1.04 bits per heavy atom. The molecule has 1 amide bonds. The molecule has 2 aromatic rings. The molecule has 4 nitrogen and oxygen atoms in total. The Labute approximate surface area is 143 Å². The summed E-state index contributed by atoms with van der Waals surface area (Å²) in [6.07, 6.45) is -0.442. The average Bonchev–Trinajstić information content (AvgIpc) is 2.63. The minimum Gasteiger partial charge on any atom is -0.481 e. The lowest BCUT2D eigenvalue weighted by Crippen LogP contribution is -3.13. The van der Waals surface area contributed by atoms with Gasteiger partial charge in [-0.1, -0.05) is 48.5 Å². The van der Waals surface area contributed by atoms with Crippen molar-refractivity contribution in [3.63, 3.8) is 0 Å². The van der Waals surface area contributed by atoms with Crippen LogP contribution < -0.4 is 9.64 Å². The fraction of sp³-hybridized carbons (Fsp3) is 0.350. The first-order chi connectivity index (χ1) is 11.7. The predicted octanol–water partition coefficient (Wildman–Crippen LogP) is 1.38. The Morgan fingerprint density at radius 3 is 2.25 bits per heavy atom. The minimum absolute atomic E-state index is 0.0811. The molecule has 3 rings (SSSR count). The zero-order chi connectivity index (χ0) is 16.8. The summed E-state index contributed by atoms with van der Waals surface area (Å²) in [4.78, 5) is 16.0. The molecule has 0 saturated carbocycles. The largest absolute Gasteiger partial charge is 0.481 e. The summed E-state index contributed by atoms with van der Waals surface area (Å²) in [6, 6.07) is 20.1. The molecule has 0 radical (unpaired) electrons. The lowest BCUT2D eigenvalue weighted by Gasteiger charge is -2.33. The van der Waals surface area contributed by atoms with E-state index in [1.807, 2.05) is 48.2 Å². The topological polar surface area (TPSA) is 34.0 Å². The fourth-order valence-corrected chi connectivity index (χ4v) is 3.12. The molecule has 4 heteroatoms. The van der Waals surface area contributed by atoms with Crippen molar-refractivity contribution in [3.8, 4) is 5.75 Å². The molecule has 2 aromatic carbocycles. The molecule has 1 N–H and O–H groups in total. The minimum atomic E-state index is -0.442. The van der Waals surface area contributed by atoms with Gasteiger partial charge >= 0.3 is 0 Å². The maximum Gasteiger partial charge on any atom is 0.263 e. The van der Waals surface area contributed by atoms with E-state index in [1.54, 1.807) is 0 Å². The molecular weight excluding hydrogens is 300 g/mol. The first kappa shape index (κ1) is 16.5. The predicted molar refractivity (Wildman–Crippen MR) is 94.0 cm³/mol. The van der Waals surface area contributed by atoms with Crippen molar-refractivity contribution in [2.24, 2.45) is 0 Å². The number of benzene rings is 2. The van der Waals surface area contributed by atoms with E-state index in [4.69, 9.17) is 4.74 Å². The van der Waals surface area contributed by atoms with Crippen LogP contribution >= 0.6 is 0 Å². The summed E-state index contributed by atoms with van der Waals surface area (Å²) in [5.41, 5.74) is 1.35. The molecule has 0 bridgehead atoms. The Balaban J connectivity index is 1.48. The second-order valence-corrected chi connectivity index (χ2v) is 6.31. The van der Waals surface area contributed by atoms with Gasteiger partial charge in [0.2, 0.25) is 0 Å². The van der Waals surface area contributed by atoms with Crippen LogP contribution in [0.1, 0.15) is 12.5 Å². The maximum atomic E-state index is 12.6. The number of nitrogens with one attached hydrogen (secondary N) is 1. The first-order valence-corrected chi connectivity index (χ1v) is 8.60. The smallest absolute Gasteiger partial charge is 0.263 e. The van der Waals surface area contributed by atoms with Gasteiger partial charge in [-0.15, -0.1) is 0 Å².